The van der Waals surface area contributed by atoms with Gasteiger partial charge in [0.05, 0.1) is 16.3 Å². The van der Waals surface area contributed by atoms with E-state index in [1.54, 1.807) is 24.3 Å². The molecule has 0 bridgehead atoms. The third-order valence-corrected chi connectivity index (χ3v) is 6.63. The Morgan fingerprint density at radius 2 is 1.47 bits per heavy atom. The van der Waals surface area contributed by atoms with Crippen molar-refractivity contribution >= 4 is 17.1 Å². The molecule has 3 aromatic carbocycles. The Labute approximate surface area is 186 Å². The number of nitrogens with zero attached hydrogens (tertiary/aromatic N) is 2. The van der Waals surface area contributed by atoms with Crippen molar-refractivity contribution in [3.63, 3.8) is 0 Å². The fraction of sp³-hybridized carbons (Fsp3) is 0.240. The van der Waals surface area contributed by atoms with Crippen LogP contribution >= 0.6 is 0 Å². The second kappa shape index (κ2) is 7.85. The van der Waals surface area contributed by atoms with Crippen LogP contribution in [-0.4, -0.2) is 10.6 Å². The van der Waals surface area contributed by atoms with Crippen molar-refractivity contribution in [1.82, 2.24) is 0 Å². The quantitative estimate of drug-likeness (QED) is 0.251. The summed E-state index contributed by atoms with van der Waals surface area (Å²) in [6.45, 7) is 12.3. The first-order chi connectivity index (χ1) is 15.1. The van der Waals surface area contributed by atoms with Crippen LogP contribution in [0.2, 0.25) is 0 Å². The molecule has 1 aliphatic rings. The van der Waals surface area contributed by atoms with Gasteiger partial charge in [-0.15, -0.1) is 0 Å². The number of aliphatic imine (C=N–C) groups is 1. The predicted octanol–water partition coefficient (Wildman–Crippen LogP) is 5.78. The molecule has 0 unspecified atom stereocenters. The molecule has 0 saturated heterocycles. The van der Waals surface area contributed by atoms with Crippen molar-refractivity contribution < 1.29 is 14.8 Å². The smallest absolute Gasteiger partial charge is 0.270 e. The van der Waals surface area contributed by atoms with Gasteiger partial charge >= 0.3 is 0 Å². The molecule has 0 aliphatic heterocycles. The van der Waals surface area contributed by atoms with Crippen LogP contribution in [-0.2, 0) is 4.99 Å². The number of non-ortho nitro benzene ring substituents is 1. The molecule has 4 rings (SSSR count). The van der Waals surface area contributed by atoms with Crippen LogP contribution in [0.5, 0.6) is 5.75 Å². The molecular formula is C25H25N3O4. The Bertz CT molecular complexity index is 1300. The summed E-state index contributed by atoms with van der Waals surface area (Å²) in [4.78, 5) is 25.7. The Hall–Kier alpha value is -3.55. The van der Waals surface area contributed by atoms with Crippen LogP contribution in [0.1, 0.15) is 44.5 Å². The second-order valence-electron chi connectivity index (χ2n) is 8.26. The maximum absolute atomic E-state index is 11.6. The molecule has 0 aromatic heterocycles. The second-order valence-corrected chi connectivity index (χ2v) is 8.26. The van der Waals surface area contributed by atoms with Gasteiger partial charge in [0.15, 0.2) is 5.75 Å². The molecule has 1 aliphatic carbocycles. The largest absolute Gasteiger partial charge is 0.320 e. The normalized spacial score (nSPS) is 13.3. The van der Waals surface area contributed by atoms with E-state index < -0.39 is 0 Å². The summed E-state index contributed by atoms with van der Waals surface area (Å²) in [5, 5.41) is 11.6. The molecule has 0 radical (unpaired) electrons. The van der Waals surface area contributed by atoms with E-state index in [9.17, 15) is 10.1 Å². The van der Waals surface area contributed by atoms with Crippen molar-refractivity contribution in [1.29, 1.82) is 0 Å². The number of nitrogens with two attached hydrogens (primary N) is 1. The summed E-state index contributed by atoms with van der Waals surface area (Å²) in [6.07, 6.45) is 0. The van der Waals surface area contributed by atoms with E-state index in [-0.39, 0.29) is 10.6 Å². The van der Waals surface area contributed by atoms with Gasteiger partial charge in [-0.05, 0) is 104 Å². The fourth-order valence-electron chi connectivity index (χ4n) is 4.49. The number of fused-ring (bicyclic) bond motifs is 3. The van der Waals surface area contributed by atoms with Gasteiger partial charge in [-0.1, -0.05) is 4.99 Å². The number of nitro benzene ring substituents is 1. The number of hydrogen-bond acceptors (Lipinski definition) is 6. The summed E-state index contributed by atoms with van der Waals surface area (Å²) >= 11 is 0. The first kappa shape index (κ1) is 21.7. The Balaban J connectivity index is 2.08. The van der Waals surface area contributed by atoms with E-state index in [0.29, 0.717) is 11.5 Å². The van der Waals surface area contributed by atoms with E-state index in [4.69, 9.17) is 15.8 Å². The van der Waals surface area contributed by atoms with Crippen molar-refractivity contribution in [3.8, 4) is 16.9 Å². The standard InChI is InChI=1S/C25H25N3O4/c1-12-9-18(28(29)30)10-22-23(12)20-8-7-19(31-32-26)11-21(20)25(22)27-24-16(5)14(3)13(2)15(4)17(24)6/h7-11H,26H2,1-6H3. The van der Waals surface area contributed by atoms with Crippen molar-refractivity contribution in [3.05, 3.63) is 85.0 Å². The van der Waals surface area contributed by atoms with Gasteiger partial charge < -0.3 is 4.89 Å². The SMILES string of the molecule is Cc1cc([N+](=O)[O-])cc2c1-c1ccc(OON)cc1C2=Nc1c(C)c(C)c(C)c(C)c1C. The molecule has 0 amide bonds. The molecule has 3 aromatic rings. The van der Waals surface area contributed by atoms with Crippen molar-refractivity contribution in [2.24, 2.45) is 10.9 Å². The summed E-state index contributed by atoms with van der Waals surface area (Å²) in [5.41, 5.74) is 11.6. The predicted molar refractivity (Wildman–Crippen MR) is 125 cm³/mol. The maximum Gasteiger partial charge on any atom is 0.270 e. The first-order valence-corrected chi connectivity index (χ1v) is 10.3. The highest BCUT2D eigenvalue weighted by molar-refractivity contribution is 6.26. The monoisotopic (exact) mass is 431 g/mol. The lowest BCUT2D eigenvalue weighted by atomic mass is 9.93. The number of nitro groups is 1. The summed E-state index contributed by atoms with van der Waals surface area (Å²) < 4.78 is 0. The molecular weight excluding hydrogens is 406 g/mol. The number of hydrogen-bond donors (Lipinski definition) is 1. The van der Waals surface area contributed by atoms with Crippen LogP contribution in [0.25, 0.3) is 11.1 Å². The van der Waals surface area contributed by atoms with Crippen molar-refractivity contribution in [2.45, 2.75) is 41.5 Å². The van der Waals surface area contributed by atoms with Crippen LogP contribution in [0.15, 0.2) is 35.3 Å². The first-order valence-electron chi connectivity index (χ1n) is 10.3. The summed E-state index contributed by atoms with van der Waals surface area (Å²) in [5.74, 6) is 5.51. The zero-order valence-corrected chi connectivity index (χ0v) is 19.0. The van der Waals surface area contributed by atoms with Gasteiger partial charge in [0.25, 0.3) is 5.69 Å². The lowest BCUT2D eigenvalue weighted by Crippen LogP contribution is -2.05. The molecule has 0 spiro atoms. The molecule has 0 atom stereocenters. The minimum atomic E-state index is -0.374. The fourth-order valence-corrected chi connectivity index (χ4v) is 4.49. The van der Waals surface area contributed by atoms with E-state index >= 15 is 0 Å². The average Bonchev–Trinajstić information content (AvgIpc) is 3.07. The zero-order chi connectivity index (χ0) is 23.3. The summed E-state index contributed by atoms with van der Waals surface area (Å²) in [7, 11) is 0. The van der Waals surface area contributed by atoms with Crippen molar-refractivity contribution in [2.75, 3.05) is 0 Å². The van der Waals surface area contributed by atoms with Gasteiger partial charge in [-0.25, -0.2) is 4.99 Å². The van der Waals surface area contributed by atoms with Crippen LogP contribution in [0.3, 0.4) is 0 Å². The molecule has 7 nitrogen and oxygen atoms in total. The van der Waals surface area contributed by atoms with Gasteiger partial charge in [-0.3, -0.25) is 10.1 Å². The molecule has 2 N–H and O–H groups in total. The highest BCUT2D eigenvalue weighted by Crippen LogP contribution is 2.44. The van der Waals surface area contributed by atoms with Crippen LogP contribution < -0.4 is 10.8 Å². The van der Waals surface area contributed by atoms with Gasteiger partial charge in [0.1, 0.15) is 0 Å². The van der Waals surface area contributed by atoms with E-state index in [1.807, 2.05) is 13.0 Å². The molecule has 0 fully saturated rings. The number of aryl methyl sites for hydroxylation is 1. The van der Waals surface area contributed by atoms with Gasteiger partial charge in [0.2, 0.25) is 0 Å². The number of benzene rings is 3. The third-order valence-electron chi connectivity index (χ3n) is 6.63. The van der Waals surface area contributed by atoms with Crippen LogP contribution in [0.4, 0.5) is 11.4 Å². The van der Waals surface area contributed by atoms with E-state index in [0.717, 1.165) is 44.6 Å². The molecule has 0 heterocycles. The lowest BCUT2D eigenvalue weighted by Gasteiger charge is -2.16. The average molecular weight is 431 g/mol. The Morgan fingerprint density at radius 3 is 2.06 bits per heavy atom. The minimum absolute atomic E-state index is 0.0354. The number of rotatable bonds is 4. The molecule has 7 heteroatoms. The maximum atomic E-state index is 11.6. The minimum Gasteiger partial charge on any atom is -0.320 e. The highest BCUT2D eigenvalue weighted by Gasteiger charge is 2.30. The van der Waals surface area contributed by atoms with Crippen LogP contribution in [0, 0.1) is 51.7 Å². The summed E-state index contributed by atoms with van der Waals surface area (Å²) in [6, 6.07) is 8.63. The van der Waals surface area contributed by atoms with E-state index in [1.165, 1.54) is 16.7 Å². The lowest BCUT2D eigenvalue weighted by molar-refractivity contribution is -0.384. The topological polar surface area (TPSA) is 100.0 Å². The van der Waals surface area contributed by atoms with E-state index in [2.05, 4.69) is 39.6 Å². The van der Waals surface area contributed by atoms with Gasteiger partial charge in [-0.2, -0.15) is 5.90 Å². The molecule has 0 saturated carbocycles. The van der Waals surface area contributed by atoms with Gasteiger partial charge in [0, 0.05) is 23.3 Å². The Kier molecular flexibility index (Phi) is 5.32. The zero-order valence-electron chi connectivity index (χ0n) is 19.0. The molecule has 164 valence electrons. The molecule has 32 heavy (non-hydrogen) atoms. The highest BCUT2D eigenvalue weighted by atomic mass is 17.3. The third kappa shape index (κ3) is 3.26. The Morgan fingerprint density at radius 1 is 0.844 bits per heavy atom.